The van der Waals surface area contributed by atoms with E-state index in [2.05, 4.69) is 72.5 Å². The van der Waals surface area contributed by atoms with Gasteiger partial charge in [-0.15, -0.1) is 0 Å². The van der Waals surface area contributed by atoms with Gasteiger partial charge in [-0.3, -0.25) is 9.89 Å². The molecule has 0 saturated heterocycles. The lowest BCUT2D eigenvalue weighted by molar-refractivity contribution is 0.133. The van der Waals surface area contributed by atoms with Gasteiger partial charge in [0.25, 0.3) is 0 Å². The highest BCUT2D eigenvalue weighted by Gasteiger charge is 2.12. The van der Waals surface area contributed by atoms with E-state index in [1.807, 2.05) is 14.0 Å². The lowest BCUT2D eigenvalue weighted by atomic mass is 10.1. The predicted octanol–water partition coefficient (Wildman–Crippen LogP) is 3.40. The number of rotatable bonds is 11. The van der Waals surface area contributed by atoms with Crippen molar-refractivity contribution in [1.29, 1.82) is 0 Å². The third kappa shape index (κ3) is 8.19. The van der Waals surface area contributed by atoms with Crippen molar-refractivity contribution in [3.8, 4) is 0 Å². The molecule has 1 aromatic rings. The Morgan fingerprint density at radius 3 is 2.31 bits per heavy atom. The fraction of sp³-hybridized carbons (Fsp3) is 0.667. The van der Waals surface area contributed by atoms with E-state index in [4.69, 9.17) is 4.74 Å². The fourth-order valence-electron chi connectivity index (χ4n) is 3.06. The van der Waals surface area contributed by atoms with Gasteiger partial charge >= 0.3 is 0 Å². The van der Waals surface area contributed by atoms with E-state index in [1.165, 1.54) is 11.1 Å². The van der Waals surface area contributed by atoms with Crippen LogP contribution >= 0.6 is 0 Å². The lowest BCUT2D eigenvalue weighted by Crippen LogP contribution is -2.41. The van der Waals surface area contributed by atoms with Gasteiger partial charge in [0.2, 0.25) is 0 Å². The van der Waals surface area contributed by atoms with Gasteiger partial charge in [-0.1, -0.05) is 24.3 Å². The van der Waals surface area contributed by atoms with Crippen molar-refractivity contribution in [1.82, 2.24) is 15.5 Å². The molecule has 0 aliphatic heterocycles. The van der Waals surface area contributed by atoms with Crippen LogP contribution in [0.2, 0.25) is 0 Å². The molecule has 0 aromatic heterocycles. The molecule has 0 atom stereocenters. The number of nitrogens with one attached hydrogen (secondary N) is 2. The normalized spacial score (nSPS) is 12.3. The molecule has 0 aliphatic rings. The van der Waals surface area contributed by atoms with Crippen LogP contribution in [0.1, 0.15) is 52.2 Å². The van der Waals surface area contributed by atoms with Gasteiger partial charge in [-0.25, -0.2) is 0 Å². The second-order valence-electron chi connectivity index (χ2n) is 7.04. The maximum atomic E-state index is 5.56. The van der Waals surface area contributed by atoms with Crippen LogP contribution in [0.3, 0.4) is 0 Å². The average Bonchev–Trinajstić information content (AvgIpc) is 2.62. The van der Waals surface area contributed by atoms with E-state index >= 15 is 0 Å². The second-order valence-corrected chi connectivity index (χ2v) is 7.04. The third-order valence-corrected chi connectivity index (χ3v) is 4.46. The highest BCUT2D eigenvalue weighted by molar-refractivity contribution is 5.79. The molecule has 0 aliphatic carbocycles. The summed E-state index contributed by atoms with van der Waals surface area (Å²) in [5.74, 6) is 0.844. The molecule has 5 heteroatoms. The summed E-state index contributed by atoms with van der Waals surface area (Å²) in [6, 6.07) is 9.53. The fourth-order valence-corrected chi connectivity index (χ4v) is 3.06. The Labute approximate surface area is 160 Å². The van der Waals surface area contributed by atoms with E-state index in [-0.39, 0.29) is 0 Å². The first-order valence-corrected chi connectivity index (χ1v) is 9.84. The molecular weight excluding hydrogens is 324 g/mol. The standard InChI is InChI=1S/C21H38N4O/c1-7-26-16-20-12-9-8-11-19(20)15-24-21(22-6)23-13-10-14-25(17(2)3)18(4)5/h8-9,11-12,17-18H,7,10,13-16H2,1-6H3,(H2,22,23,24). The Kier molecular flexibility index (Phi) is 11.0. The number of hydrogen-bond donors (Lipinski definition) is 2. The minimum absolute atomic E-state index is 0.578. The number of guanidine groups is 1. The number of aliphatic imine (C=N–C) groups is 1. The summed E-state index contributed by atoms with van der Waals surface area (Å²) in [5.41, 5.74) is 2.47. The Hall–Kier alpha value is -1.59. The first-order valence-electron chi connectivity index (χ1n) is 9.84. The number of ether oxygens (including phenoxy) is 1. The highest BCUT2D eigenvalue weighted by Crippen LogP contribution is 2.10. The van der Waals surface area contributed by atoms with Crippen LogP contribution < -0.4 is 10.6 Å². The maximum Gasteiger partial charge on any atom is 0.191 e. The van der Waals surface area contributed by atoms with Crippen LogP contribution in [0.25, 0.3) is 0 Å². The minimum Gasteiger partial charge on any atom is -0.377 e. The molecule has 5 nitrogen and oxygen atoms in total. The highest BCUT2D eigenvalue weighted by atomic mass is 16.5. The van der Waals surface area contributed by atoms with Crippen molar-refractivity contribution in [2.45, 2.75) is 66.3 Å². The molecule has 148 valence electrons. The Balaban J connectivity index is 2.42. The second kappa shape index (κ2) is 12.7. The molecule has 26 heavy (non-hydrogen) atoms. The monoisotopic (exact) mass is 362 g/mol. The summed E-state index contributed by atoms with van der Waals surface area (Å²) in [4.78, 5) is 6.85. The van der Waals surface area contributed by atoms with Crippen molar-refractivity contribution < 1.29 is 4.74 Å². The average molecular weight is 363 g/mol. The molecular formula is C21H38N4O. The first-order chi connectivity index (χ1) is 12.5. The molecule has 0 spiro atoms. The van der Waals surface area contributed by atoms with Crippen molar-refractivity contribution in [2.75, 3.05) is 26.7 Å². The van der Waals surface area contributed by atoms with Gasteiger partial charge in [-0.05, 0) is 52.2 Å². The van der Waals surface area contributed by atoms with E-state index in [0.29, 0.717) is 18.7 Å². The van der Waals surface area contributed by atoms with E-state index in [9.17, 15) is 0 Å². The predicted molar refractivity (Wildman–Crippen MR) is 112 cm³/mol. The van der Waals surface area contributed by atoms with Crippen LogP contribution in [-0.2, 0) is 17.9 Å². The van der Waals surface area contributed by atoms with Gasteiger partial charge in [0.05, 0.1) is 6.61 Å². The molecule has 1 aromatic carbocycles. The quantitative estimate of drug-likeness (QED) is 0.360. The molecule has 0 bridgehead atoms. The Bertz CT molecular complexity index is 520. The molecule has 0 fully saturated rings. The first kappa shape index (κ1) is 22.5. The summed E-state index contributed by atoms with van der Waals surface area (Å²) in [6.07, 6.45) is 1.10. The summed E-state index contributed by atoms with van der Waals surface area (Å²) in [5, 5.41) is 6.82. The smallest absolute Gasteiger partial charge is 0.191 e. The molecule has 2 N–H and O–H groups in total. The Morgan fingerprint density at radius 1 is 1.08 bits per heavy atom. The third-order valence-electron chi connectivity index (χ3n) is 4.46. The van der Waals surface area contributed by atoms with E-state index in [1.54, 1.807) is 0 Å². The van der Waals surface area contributed by atoms with Gasteiger partial charge in [-0.2, -0.15) is 0 Å². The number of hydrogen-bond acceptors (Lipinski definition) is 3. The van der Waals surface area contributed by atoms with Crippen molar-refractivity contribution >= 4 is 5.96 Å². The largest absolute Gasteiger partial charge is 0.377 e. The summed E-state index contributed by atoms with van der Waals surface area (Å²) < 4.78 is 5.56. The molecule has 0 radical (unpaired) electrons. The summed E-state index contributed by atoms with van der Waals surface area (Å²) in [7, 11) is 1.82. The van der Waals surface area contributed by atoms with Gasteiger partial charge < -0.3 is 15.4 Å². The number of nitrogens with zero attached hydrogens (tertiary/aromatic N) is 2. The summed E-state index contributed by atoms with van der Waals surface area (Å²) in [6.45, 7) is 15.2. The zero-order valence-electron chi connectivity index (χ0n) is 17.5. The molecule has 0 amide bonds. The van der Waals surface area contributed by atoms with Crippen LogP contribution in [-0.4, -0.2) is 49.7 Å². The van der Waals surface area contributed by atoms with Crippen LogP contribution in [0.5, 0.6) is 0 Å². The molecule has 1 rings (SSSR count). The van der Waals surface area contributed by atoms with Crippen molar-refractivity contribution in [3.63, 3.8) is 0 Å². The van der Waals surface area contributed by atoms with Gasteiger partial charge in [0, 0.05) is 45.4 Å². The van der Waals surface area contributed by atoms with Gasteiger partial charge in [0.1, 0.15) is 0 Å². The number of benzene rings is 1. The van der Waals surface area contributed by atoms with Crippen molar-refractivity contribution in [2.24, 2.45) is 4.99 Å². The van der Waals surface area contributed by atoms with E-state index in [0.717, 1.165) is 38.6 Å². The zero-order valence-corrected chi connectivity index (χ0v) is 17.5. The van der Waals surface area contributed by atoms with Crippen molar-refractivity contribution in [3.05, 3.63) is 35.4 Å². The van der Waals surface area contributed by atoms with Crippen LogP contribution in [0, 0.1) is 0 Å². The maximum absolute atomic E-state index is 5.56. The Morgan fingerprint density at radius 2 is 1.73 bits per heavy atom. The van der Waals surface area contributed by atoms with E-state index < -0.39 is 0 Å². The SMILES string of the molecule is CCOCc1ccccc1CNC(=NC)NCCCN(C(C)C)C(C)C. The lowest BCUT2D eigenvalue weighted by Gasteiger charge is -2.30. The van der Waals surface area contributed by atoms with Crippen LogP contribution in [0.15, 0.2) is 29.3 Å². The minimum atomic E-state index is 0.578. The molecule has 0 saturated carbocycles. The zero-order chi connectivity index (χ0) is 19.4. The topological polar surface area (TPSA) is 48.9 Å². The molecule has 0 heterocycles. The summed E-state index contributed by atoms with van der Waals surface area (Å²) >= 11 is 0. The van der Waals surface area contributed by atoms with Gasteiger partial charge in [0.15, 0.2) is 5.96 Å². The van der Waals surface area contributed by atoms with Crippen LogP contribution in [0.4, 0.5) is 0 Å². The molecule has 0 unspecified atom stereocenters.